The second-order valence-electron chi connectivity index (χ2n) is 4.98. The minimum Gasteiger partial charge on any atom is -0.497 e. The van der Waals surface area contributed by atoms with Crippen molar-refractivity contribution in [1.29, 1.82) is 0 Å². The number of amides is 2. The van der Waals surface area contributed by atoms with E-state index in [1.54, 1.807) is 24.3 Å². The molecule has 0 unspecified atom stereocenters. The first-order valence-electron chi connectivity index (χ1n) is 7.19. The number of benzene rings is 2. The van der Waals surface area contributed by atoms with Crippen LogP contribution in [0.1, 0.15) is 15.9 Å². The van der Waals surface area contributed by atoms with Gasteiger partial charge in [0.25, 0.3) is 5.91 Å². The summed E-state index contributed by atoms with van der Waals surface area (Å²) in [6.07, 6.45) is 0.0106. The molecule has 2 aromatic carbocycles. The quantitative estimate of drug-likeness (QED) is 0.779. The Kier molecular flexibility index (Phi) is 6.50. The van der Waals surface area contributed by atoms with E-state index in [4.69, 9.17) is 32.7 Å². The summed E-state index contributed by atoms with van der Waals surface area (Å²) in [5.74, 6) is 0.140. The van der Waals surface area contributed by atoms with Gasteiger partial charge in [-0.15, -0.1) is 0 Å². The summed E-state index contributed by atoms with van der Waals surface area (Å²) in [4.78, 5) is 24.1. The Morgan fingerprint density at radius 3 is 2.44 bits per heavy atom. The molecular formula is C17H16Cl2N2O4. The van der Waals surface area contributed by atoms with Gasteiger partial charge in [0.2, 0.25) is 5.91 Å². The van der Waals surface area contributed by atoms with Crippen molar-refractivity contribution in [2.24, 2.45) is 0 Å². The molecule has 0 saturated heterocycles. The van der Waals surface area contributed by atoms with Crippen LogP contribution in [0.15, 0.2) is 36.4 Å². The van der Waals surface area contributed by atoms with Crippen LogP contribution in [-0.2, 0) is 11.2 Å². The smallest absolute Gasteiger partial charge is 0.271 e. The Morgan fingerprint density at radius 1 is 1.00 bits per heavy atom. The molecule has 0 aliphatic heterocycles. The number of carbonyl (C=O) groups excluding carboxylic acids is 2. The molecule has 2 amide bonds. The number of ether oxygens (including phenoxy) is 2. The summed E-state index contributed by atoms with van der Waals surface area (Å²) < 4.78 is 10.3. The van der Waals surface area contributed by atoms with Crippen LogP contribution in [0, 0.1) is 0 Å². The van der Waals surface area contributed by atoms with Gasteiger partial charge in [-0.3, -0.25) is 20.4 Å². The molecule has 0 aliphatic rings. The molecule has 0 fully saturated rings. The molecule has 2 rings (SSSR count). The van der Waals surface area contributed by atoms with E-state index in [1.165, 1.54) is 26.4 Å². The number of methoxy groups -OCH3 is 2. The lowest BCUT2D eigenvalue weighted by Crippen LogP contribution is -2.42. The van der Waals surface area contributed by atoms with Crippen molar-refractivity contribution in [3.05, 3.63) is 57.6 Å². The maximum Gasteiger partial charge on any atom is 0.271 e. The van der Waals surface area contributed by atoms with Crippen molar-refractivity contribution in [3.8, 4) is 11.5 Å². The topological polar surface area (TPSA) is 76.7 Å². The highest BCUT2D eigenvalue weighted by Crippen LogP contribution is 2.25. The molecule has 0 radical (unpaired) electrons. The summed E-state index contributed by atoms with van der Waals surface area (Å²) in [7, 11) is 3.04. The first kappa shape index (κ1) is 18.9. The number of nitrogens with one attached hydrogen (secondary N) is 2. The highest BCUT2D eigenvalue weighted by molar-refractivity contribution is 6.35. The van der Waals surface area contributed by atoms with E-state index in [0.29, 0.717) is 22.1 Å². The SMILES string of the molecule is COc1ccc(CC(=O)NNC(=O)c2cc(Cl)ccc2Cl)c(OC)c1. The van der Waals surface area contributed by atoms with Crippen LogP contribution >= 0.6 is 23.2 Å². The molecule has 0 spiro atoms. The van der Waals surface area contributed by atoms with Crippen LogP contribution in [0.5, 0.6) is 11.5 Å². The predicted molar refractivity (Wildman–Crippen MR) is 95.3 cm³/mol. The van der Waals surface area contributed by atoms with Crippen LogP contribution in [-0.4, -0.2) is 26.0 Å². The van der Waals surface area contributed by atoms with Gasteiger partial charge in [0, 0.05) is 16.7 Å². The number of hydrogen-bond acceptors (Lipinski definition) is 4. The summed E-state index contributed by atoms with van der Waals surface area (Å²) in [5.41, 5.74) is 5.44. The van der Waals surface area contributed by atoms with E-state index in [9.17, 15) is 9.59 Å². The van der Waals surface area contributed by atoms with Gasteiger partial charge in [0.05, 0.1) is 31.2 Å². The van der Waals surface area contributed by atoms with E-state index in [2.05, 4.69) is 10.9 Å². The molecule has 132 valence electrons. The minimum atomic E-state index is -0.567. The lowest BCUT2D eigenvalue weighted by Gasteiger charge is -2.11. The Balaban J connectivity index is 1.99. The maximum absolute atomic E-state index is 12.1. The van der Waals surface area contributed by atoms with Gasteiger partial charge >= 0.3 is 0 Å². The van der Waals surface area contributed by atoms with Gasteiger partial charge in [-0.2, -0.15) is 0 Å². The number of halogens is 2. The lowest BCUT2D eigenvalue weighted by atomic mass is 10.1. The average Bonchev–Trinajstić information content (AvgIpc) is 2.62. The standard InChI is InChI=1S/C17H16Cl2N2O4/c1-24-12-5-3-10(15(9-12)25-2)7-16(22)20-21-17(23)13-8-11(18)4-6-14(13)19/h3-6,8-9H,7H2,1-2H3,(H,20,22)(H,21,23). The average molecular weight is 383 g/mol. The van der Waals surface area contributed by atoms with Crippen molar-refractivity contribution < 1.29 is 19.1 Å². The predicted octanol–water partition coefficient (Wildman–Crippen LogP) is 3.01. The van der Waals surface area contributed by atoms with Crippen molar-refractivity contribution in [1.82, 2.24) is 10.9 Å². The third-order valence-electron chi connectivity index (χ3n) is 3.33. The molecule has 0 aromatic heterocycles. The molecule has 0 bridgehead atoms. The second kappa shape index (κ2) is 8.60. The lowest BCUT2D eigenvalue weighted by molar-refractivity contribution is -0.121. The number of hydrazine groups is 1. The number of hydrogen-bond donors (Lipinski definition) is 2. The first-order chi connectivity index (χ1) is 11.9. The molecule has 8 heteroatoms. The molecule has 2 N–H and O–H groups in total. The number of rotatable bonds is 5. The molecule has 0 aliphatic carbocycles. The highest BCUT2D eigenvalue weighted by Gasteiger charge is 2.14. The van der Waals surface area contributed by atoms with Gasteiger partial charge in [0.1, 0.15) is 11.5 Å². The Morgan fingerprint density at radius 2 is 1.76 bits per heavy atom. The van der Waals surface area contributed by atoms with E-state index < -0.39 is 11.8 Å². The van der Waals surface area contributed by atoms with Crippen molar-refractivity contribution in [2.45, 2.75) is 6.42 Å². The highest BCUT2D eigenvalue weighted by atomic mass is 35.5. The van der Waals surface area contributed by atoms with Crippen LogP contribution < -0.4 is 20.3 Å². The minimum absolute atomic E-state index is 0.0106. The van der Waals surface area contributed by atoms with E-state index in [1.807, 2.05) is 0 Å². The second-order valence-corrected chi connectivity index (χ2v) is 5.82. The fraction of sp³-hybridized carbons (Fsp3) is 0.176. The van der Waals surface area contributed by atoms with Crippen molar-refractivity contribution in [2.75, 3.05) is 14.2 Å². The Bertz CT molecular complexity index is 796. The van der Waals surface area contributed by atoms with Crippen molar-refractivity contribution >= 4 is 35.0 Å². The Hall–Kier alpha value is -2.44. The molecule has 0 saturated carbocycles. The number of carbonyl (C=O) groups is 2. The van der Waals surface area contributed by atoms with Crippen LogP contribution in [0.4, 0.5) is 0 Å². The van der Waals surface area contributed by atoms with E-state index in [0.717, 1.165) is 0 Å². The van der Waals surface area contributed by atoms with Crippen LogP contribution in [0.3, 0.4) is 0 Å². The van der Waals surface area contributed by atoms with Gasteiger partial charge in [0.15, 0.2) is 0 Å². The fourth-order valence-corrected chi connectivity index (χ4v) is 2.46. The largest absolute Gasteiger partial charge is 0.497 e. The summed E-state index contributed by atoms with van der Waals surface area (Å²) in [6.45, 7) is 0. The zero-order chi connectivity index (χ0) is 18.4. The van der Waals surface area contributed by atoms with E-state index >= 15 is 0 Å². The zero-order valence-electron chi connectivity index (χ0n) is 13.6. The molecular weight excluding hydrogens is 367 g/mol. The maximum atomic E-state index is 12.1. The van der Waals surface area contributed by atoms with Crippen LogP contribution in [0.2, 0.25) is 10.0 Å². The van der Waals surface area contributed by atoms with Gasteiger partial charge in [-0.25, -0.2) is 0 Å². The Labute approximate surface area is 155 Å². The van der Waals surface area contributed by atoms with Gasteiger partial charge in [-0.05, 0) is 24.3 Å². The van der Waals surface area contributed by atoms with E-state index in [-0.39, 0.29) is 17.0 Å². The zero-order valence-corrected chi connectivity index (χ0v) is 15.1. The van der Waals surface area contributed by atoms with Crippen molar-refractivity contribution in [3.63, 3.8) is 0 Å². The van der Waals surface area contributed by atoms with Gasteiger partial charge in [-0.1, -0.05) is 29.3 Å². The third-order valence-corrected chi connectivity index (χ3v) is 3.90. The first-order valence-corrected chi connectivity index (χ1v) is 7.95. The summed E-state index contributed by atoms with van der Waals surface area (Å²) in [5, 5.41) is 0.594. The summed E-state index contributed by atoms with van der Waals surface area (Å²) >= 11 is 11.8. The molecule has 2 aromatic rings. The molecule has 0 heterocycles. The molecule has 6 nitrogen and oxygen atoms in total. The van der Waals surface area contributed by atoms with Crippen LogP contribution in [0.25, 0.3) is 0 Å². The third kappa shape index (κ3) is 5.01. The normalized spacial score (nSPS) is 10.1. The van der Waals surface area contributed by atoms with Gasteiger partial charge < -0.3 is 9.47 Å². The monoisotopic (exact) mass is 382 g/mol. The fourth-order valence-electron chi connectivity index (χ4n) is 2.08. The molecule has 0 atom stereocenters. The summed E-state index contributed by atoms with van der Waals surface area (Å²) in [6, 6.07) is 9.59. The molecule has 25 heavy (non-hydrogen) atoms.